The van der Waals surface area contributed by atoms with Crippen molar-refractivity contribution in [2.24, 2.45) is 0 Å². The number of hydrogen-bond acceptors (Lipinski definition) is 6. The molecule has 1 aliphatic heterocycles. The van der Waals surface area contributed by atoms with E-state index in [1.54, 1.807) is 47.5 Å². The Labute approximate surface area is 176 Å². The third-order valence-electron chi connectivity index (χ3n) is 5.44. The van der Waals surface area contributed by atoms with Gasteiger partial charge in [0.05, 0.1) is 5.56 Å². The first-order chi connectivity index (χ1) is 15.1. The van der Waals surface area contributed by atoms with Gasteiger partial charge < -0.3 is 9.32 Å². The molecule has 0 unspecified atom stereocenters. The van der Waals surface area contributed by atoms with Crippen molar-refractivity contribution in [3.63, 3.8) is 0 Å². The lowest BCUT2D eigenvalue weighted by atomic mass is 10.0. The minimum Gasteiger partial charge on any atom is -0.418 e. The zero-order chi connectivity index (χ0) is 21.4. The second kappa shape index (κ2) is 7.75. The maximum Gasteiger partial charge on any atom is 0.270 e. The van der Waals surface area contributed by atoms with E-state index in [-0.39, 0.29) is 22.9 Å². The van der Waals surface area contributed by atoms with Gasteiger partial charge in [-0.05, 0) is 43.5 Å². The fraction of sp³-hybridized carbons (Fsp3) is 0.227. The molecule has 1 amide bonds. The molecule has 1 aliphatic rings. The predicted octanol–water partition coefficient (Wildman–Crippen LogP) is 3.25. The van der Waals surface area contributed by atoms with Gasteiger partial charge in [-0.25, -0.2) is 9.37 Å². The van der Waals surface area contributed by atoms with Crippen molar-refractivity contribution >= 4 is 11.6 Å². The summed E-state index contributed by atoms with van der Waals surface area (Å²) in [5.41, 5.74) is 0.208. The third-order valence-corrected chi connectivity index (χ3v) is 5.44. The fourth-order valence-corrected chi connectivity index (χ4v) is 3.87. The number of hydrogen-bond donors (Lipinski definition) is 0. The van der Waals surface area contributed by atoms with E-state index in [0.29, 0.717) is 18.6 Å². The molecule has 0 N–H and O–H groups in total. The van der Waals surface area contributed by atoms with Gasteiger partial charge in [0.25, 0.3) is 17.4 Å². The molecule has 0 spiro atoms. The van der Waals surface area contributed by atoms with Crippen molar-refractivity contribution < 1.29 is 13.6 Å². The van der Waals surface area contributed by atoms with E-state index in [9.17, 15) is 14.0 Å². The molecule has 1 saturated heterocycles. The van der Waals surface area contributed by atoms with E-state index in [1.807, 2.05) is 0 Å². The van der Waals surface area contributed by atoms with Crippen molar-refractivity contribution in [3.05, 3.63) is 82.5 Å². The van der Waals surface area contributed by atoms with E-state index in [4.69, 9.17) is 4.42 Å². The molecular weight excluding hydrogens is 401 g/mol. The fourth-order valence-electron chi connectivity index (χ4n) is 3.87. The summed E-state index contributed by atoms with van der Waals surface area (Å²) in [6.07, 6.45) is 5.14. The Morgan fingerprint density at radius 3 is 2.81 bits per heavy atom. The highest BCUT2D eigenvalue weighted by Crippen LogP contribution is 2.33. The van der Waals surface area contributed by atoms with Crippen LogP contribution >= 0.6 is 0 Å². The molecule has 4 aromatic rings. The highest BCUT2D eigenvalue weighted by atomic mass is 19.1. The summed E-state index contributed by atoms with van der Waals surface area (Å²) in [6, 6.07) is 10.8. The van der Waals surface area contributed by atoms with Crippen LogP contribution in [-0.2, 0) is 0 Å². The average Bonchev–Trinajstić information content (AvgIpc) is 3.29. The first-order valence-corrected chi connectivity index (χ1v) is 9.99. The number of rotatable bonds is 3. The Bertz CT molecular complexity index is 1330. The highest BCUT2D eigenvalue weighted by Gasteiger charge is 2.34. The quantitative estimate of drug-likeness (QED) is 0.506. The minimum atomic E-state index is -0.495. The monoisotopic (exact) mass is 419 g/mol. The molecule has 1 fully saturated rings. The summed E-state index contributed by atoms with van der Waals surface area (Å²) in [5.74, 6) is -0.630. The molecule has 3 aromatic heterocycles. The van der Waals surface area contributed by atoms with Gasteiger partial charge in [-0.1, -0.05) is 18.2 Å². The van der Waals surface area contributed by atoms with Crippen LogP contribution in [-0.4, -0.2) is 36.9 Å². The standard InChI is InChI=1S/C22H18FN5O3/c23-16-8-2-1-7-14(16)19-25-26-20(31-19)17-9-3-5-11-27(17)21(29)15-13-24-18-10-4-6-12-28(18)22(15)30/h1-2,4,6-8,10,12-13,17H,3,5,9,11H2/t17-/m1/s1. The molecule has 31 heavy (non-hydrogen) atoms. The van der Waals surface area contributed by atoms with Crippen LogP contribution in [0.1, 0.15) is 41.6 Å². The normalized spacial score (nSPS) is 16.5. The summed E-state index contributed by atoms with van der Waals surface area (Å²) >= 11 is 0. The number of halogens is 1. The number of pyridine rings is 1. The Morgan fingerprint density at radius 2 is 1.94 bits per heavy atom. The summed E-state index contributed by atoms with van der Waals surface area (Å²) in [4.78, 5) is 32.0. The number of amides is 1. The Morgan fingerprint density at radius 1 is 1.10 bits per heavy atom. The SMILES string of the molecule is O=C(c1cnc2ccccn2c1=O)N1CCCC[C@@H]1c1nnc(-c2ccccc2F)o1. The molecule has 0 bridgehead atoms. The van der Waals surface area contributed by atoms with E-state index < -0.39 is 23.3 Å². The van der Waals surface area contributed by atoms with Crippen LogP contribution in [0.3, 0.4) is 0 Å². The largest absolute Gasteiger partial charge is 0.418 e. The lowest BCUT2D eigenvalue weighted by Gasteiger charge is -2.33. The number of carbonyl (C=O) groups is 1. The number of benzene rings is 1. The van der Waals surface area contributed by atoms with Crippen molar-refractivity contribution in [2.45, 2.75) is 25.3 Å². The first-order valence-electron chi connectivity index (χ1n) is 9.99. The second-order valence-corrected chi connectivity index (χ2v) is 7.34. The van der Waals surface area contributed by atoms with Crippen LogP contribution in [0.5, 0.6) is 0 Å². The summed E-state index contributed by atoms with van der Waals surface area (Å²) < 4.78 is 21.2. The van der Waals surface area contributed by atoms with E-state index >= 15 is 0 Å². The summed E-state index contributed by atoms with van der Waals surface area (Å²) in [7, 11) is 0. The van der Waals surface area contributed by atoms with Crippen LogP contribution in [0.15, 0.2) is 64.1 Å². The third kappa shape index (κ3) is 3.37. The van der Waals surface area contributed by atoms with E-state index in [0.717, 1.165) is 12.8 Å². The molecule has 0 radical (unpaired) electrons. The van der Waals surface area contributed by atoms with Gasteiger partial charge in [0, 0.05) is 18.9 Å². The van der Waals surface area contributed by atoms with Crippen LogP contribution in [0.25, 0.3) is 17.1 Å². The number of likely N-dealkylation sites (tertiary alicyclic amines) is 1. The number of nitrogens with zero attached hydrogens (tertiary/aromatic N) is 5. The lowest BCUT2D eigenvalue weighted by molar-refractivity contribution is 0.0570. The van der Waals surface area contributed by atoms with Crippen molar-refractivity contribution in [1.29, 1.82) is 0 Å². The maximum absolute atomic E-state index is 14.1. The van der Waals surface area contributed by atoms with Crippen molar-refractivity contribution in [3.8, 4) is 11.5 Å². The van der Waals surface area contributed by atoms with Gasteiger partial charge in [0.1, 0.15) is 23.1 Å². The van der Waals surface area contributed by atoms with Gasteiger partial charge in [0.15, 0.2) is 0 Å². The zero-order valence-corrected chi connectivity index (χ0v) is 16.4. The zero-order valence-electron chi connectivity index (χ0n) is 16.4. The Balaban J connectivity index is 1.49. The molecule has 0 saturated carbocycles. The van der Waals surface area contributed by atoms with Gasteiger partial charge in [-0.15, -0.1) is 10.2 Å². The summed E-state index contributed by atoms with van der Waals surface area (Å²) in [5, 5.41) is 8.05. The van der Waals surface area contributed by atoms with Crippen LogP contribution in [0.2, 0.25) is 0 Å². The number of piperidine rings is 1. The molecule has 4 heterocycles. The maximum atomic E-state index is 14.1. The molecule has 8 nitrogen and oxygen atoms in total. The van der Waals surface area contributed by atoms with Crippen LogP contribution < -0.4 is 5.56 Å². The average molecular weight is 419 g/mol. The number of aromatic nitrogens is 4. The smallest absolute Gasteiger partial charge is 0.270 e. The van der Waals surface area contributed by atoms with E-state index in [1.165, 1.54) is 16.7 Å². The molecule has 156 valence electrons. The Kier molecular flexibility index (Phi) is 4.78. The Hall–Kier alpha value is -3.88. The second-order valence-electron chi connectivity index (χ2n) is 7.34. The van der Waals surface area contributed by atoms with E-state index in [2.05, 4.69) is 15.2 Å². The van der Waals surface area contributed by atoms with Crippen molar-refractivity contribution in [2.75, 3.05) is 6.54 Å². The molecule has 9 heteroatoms. The molecular formula is C22H18FN5O3. The van der Waals surface area contributed by atoms with Gasteiger partial charge in [0.2, 0.25) is 5.89 Å². The number of fused-ring (bicyclic) bond motifs is 1. The topological polar surface area (TPSA) is 93.6 Å². The molecule has 1 atom stereocenters. The molecule has 1 aromatic carbocycles. The predicted molar refractivity (Wildman–Crippen MR) is 109 cm³/mol. The molecule has 5 rings (SSSR count). The van der Waals surface area contributed by atoms with Crippen LogP contribution in [0.4, 0.5) is 4.39 Å². The minimum absolute atomic E-state index is 0.0237. The van der Waals surface area contributed by atoms with Crippen LogP contribution in [0, 0.1) is 5.82 Å². The summed E-state index contributed by atoms with van der Waals surface area (Å²) in [6.45, 7) is 0.442. The molecule has 0 aliphatic carbocycles. The highest BCUT2D eigenvalue weighted by molar-refractivity contribution is 5.94. The van der Waals surface area contributed by atoms with Gasteiger partial charge in [-0.3, -0.25) is 14.0 Å². The number of carbonyl (C=O) groups excluding carboxylic acids is 1. The first kappa shape index (κ1) is 19.1. The van der Waals surface area contributed by atoms with Gasteiger partial charge >= 0.3 is 0 Å². The van der Waals surface area contributed by atoms with Crippen molar-refractivity contribution in [1.82, 2.24) is 24.5 Å². The van der Waals surface area contributed by atoms with Gasteiger partial charge in [-0.2, -0.15) is 0 Å². The lowest BCUT2D eigenvalue weighted by Crippen LogP contribution is -2.41.